The summed E-state index contributed by atoms with van der Waals surface area (Å²) in [5.41, 5.74) is 0.636. The number of hydrogen-bond donors (Lipinski definition) is 3. The molecular weight excluding hydrogens is 434 g/mol. The third-order valence-electron chi connectivity index (χ3n) is 6.68. The average molecular weight is 456 g/mol. The minimum absolute atomic E-state index is 0.132. The maximum absolute atomic E-state index is 13.5. The van der Waals surface area contributed by atoms with Gasteiger partial charge in [0.1, 0.15) is 11.3 Å². The smallest absolute Gasteiger partial charge is 0.250 e. The van der Waals surface area contributed by atoms with Crippen LogP contribution in [0.5, 0.6) is 5.75 Å². The van der Waals surface area contributed by atoms with E-state index >= 15 is 0 Å². The largest absolute Gasteiger partial charge is 0.508 e. The maximum Gasteiger partial charge on any atom is 0.250 e. The molecule has 9 heteroatoms. The summed E-state index contributed by atoms with van der Waals surface area (Å²) in [5.74, 6) is -2.54. The number of carbonyl (C=O) groups excluding carboxylic acids is 3. The molecule has 3 aliphatic heterocycles. The van der Waals surface area contributed by atoms with Crippen LogP contribution in [-0.2, 0) is 31.1 Å². The van der Waals surface area contributed by atoms with Crippen molar-refractivity contribution < 1.29 is 24.2 Å². The van der Waals surface area contributed by atoms with Crippen molar-refractivity contribution in [1.82, 2.24) is 10.2 Å². The highest BCUT2D eigenvalue weighted by atomic mass is 35.5. The molecule has 1 spiro atoms. The molecule has 0 radical (unpaired) electrons. The van der Waals surface area contributed by atoms with Crippen molar-refractivity contribution in [3.63, 3.8) is 0 Å². The van der Waals surface area contributed by atoms with Crippen molar-refractivity contribution in [3.8, 4) is 5.75 Å². The van der Waals surface area contributed by atoms with E-state index in [2.05, 4.69) is 10.6 Å². The fraction of sp³-hybridized carbons (Fsp3) is 0.348. The number of amides is 3. The molecule has 2 unspecified atom stereocenters. The number of halogens is 1. The topological polar surface area (TPSA) is 108 Å². The van der Waals surface area contributed by atoms with Crippen LogP contribution in [0.2, 0.25) is 5.02 Å². The van der Waals surface area contributed by atoms with Crippen molar-refractivity contribution in [2.24, 2.45) is 11.8 Å². The average Bonchev–Trinajstić information content (AvgIpc) is 3.34. The molecule has 32 heavy (non-hydrogen) atoms. The van der Waals surface area contributed by atoms with Gasteiger partial charge in [-0.05, 0) is 42.3 Å². The van der Waals surface area contributed by atoms with Crippen LogP contribution in [0.25, 0.3) is 0 Å². The van der Waals surface area contributed by atoms with Gasteiger partial charge in [-0.15, -0.1) is 0 Å². The second-order valence-electron chi connectivity index (χ2n) is 8.40. The van der Waals surface area contributed by atoms with Crippen molar-refractivity contribution in [3.05, 3.63) is 58.6 Å². The predicted octanol–water partition coefficient (Wildman–Crippen LogP) is 1.66. The fourth-order valence-corrected chi connectivity index (χ4v) is 5.47. The molecule has 166 valence electrons. The minimum atomic E-state index is -1.39. The lowest BCUT2D eigenvalue weighted by Crippen LogP contribution is -2.53. The molecule has 0 saturated carbocycles. The molecule has 2 aromatic carbocycles. The zero-order valence-electron chi connectivity index (χ0n) is 17.3. The van der Waals surface area contributed by atoms with Gasteiger partial charge in [-0.25, -0.2) is 0 Å². The summed E-state index contributed by atoms with van der Waals surface area (Å²) in [5, 5.41) is 16.3. The molecule has 3 heterocycles. The van der Waals surface area contributed by atoms with E-state index in [9.17, 15) is 19.5 Å². The number of fused-ring (bicyclic) bond motifs is 4. The summed E-state index contributed by atoms with van der Waals surface area (Å²) >= 11 is 6.25. The fourth-order valence-electron chi connectivity index (χ4n) is 5.30. The zero-order valence-corrected chi connectivity index (χ0v) is 18.1. The van der Waals surface area contributed by atoms with Gasteiger partial charge in [0.2, 0.25) is 17.7 Å². The molecular formula is C23H22ClN3O5. The molecule has 0 aromatic heterocycles. The van der Waals surface area contributed by atoms with E-state index in [1.807, 2.05) is 0 Å². The van der Waals surface area contributed by atoms with Crippen LogP contribution in [0.3, 0.4) is 0 Å². The molecule has 3 N–H and O–H groups in total. The second-order valence-corrected chi connectivity index (χ2v) is 8.83. The number of likely N-dealkylation sites (tertiary alicyclic amines) is 1. The van der Waals surface area contributed by atoms with Crippen LogP contribution in [0, 0.1) is 11.8 Å². The number of ether oxygens (including phenoxy) is 1. The Kier molecular flexibility index (Phi) is 4.96. The van der Waals surface area contributed by atoms with Gasteiger partial charge in [-0.2, -0.15) is 0 Å². The number of imide groups is 1. The SMILES string of the molecule is COCCN1C(=O)[C@@H]2C(Cc3ccc(O)cc3)NC3(C(=O)Nc4ccc(Cl)cc43)[C@@H]2C1=O. The standard InChI is InChI=1S/C23H22ClN3O5/c1-32-9-8-27-20(29)18-17(10-12-2-5-14(28)6-3-12)26-23(19(18)21(27)30)15-11-13(24)4-7-16(15)25-22(23)31/h2-7,11,17-19,26,28H,8-10H2,1H3,(H,25,31)/t17?,18-,19+,23?/m1/s1. The van der Waals surface area contributed by atoms with Crippen molar-refractivity contribution in [2.75, 3.05) is 25.6 Å². The number of methoxy groups -OCH3 is 1. The first kappa shape index (κ1) is 20.9. The molecule has 0 bridgehead atoms. The Morgan fingerprint density at radius 3 is 2.59 bits per heavy atom. The summed E-state index contributed by atoms with van der Waals surface area (Å²) < 4.78 is 5.08. The van der Waals surface area contributed by atoms with E-state index in [0.717, 1.165) is 5.56 Å². The Morgan fingerprint density at radius 2 is 1.88 bits per heavy atom. The number of aromatic hydroxyl groups is 1. The number of hydrogen-bond acceptors (Lipinski definition) is 6. The van der Waals surface area contributed by atoms with E-state index in [-0.39, 0.29) is 36.6 Å². The number of benzene rings is 2. The van der Waals surface area contributed by atoms with E-state index in [1.54, 1.807) is 42.5 Å². The van der Waals surface area contributed by atoms with Gasteiger partial charge >= 0.3 is 0 Å². The number of phenols is 1. The Morgan fingerprint density at radius 1 is 1.12 bits per heavy atom. The summed E-state index contributed by atoms with van der Waals surface area (Å²) in [6.45, 7) is 0.349. The normalized spacial score (nSPS) is 28.4. The molecule has 3 aliphatic rings. The van der Waals surface area contributed by atoms with Crippen LogP contribution in [0.15, 0.2) is 42.5 Å². The van der Waals surface area contributed by atoms with Gasteiger partial charge < -0.3 is 15.2 Å². The monoisotopic (exact) mass is 455 g/mol. The molecule has 2 aromatic rings. The highest BCUT2D eigenvalue weighted by Gasteiger charge is 2.70. The van der Waals surface area contributed by atoms with Crippen LogP contribution in [-0.4, -0.2) is 54.0 Å². The summed E-state index contributed by atoms with van der Waals surface area (Å²) in [4.78, 5) is 41.5. The first-order chi connectivity index (χ1) is 15.4. The molecule has 5 rings (SSSR count). The molecule has 8 nitrogen and oxygen atoms in total. The Hall–Kier alpha value is -2.94. The van der Waals surface area contributed by atoms with Crippen LogP contribution < -0.4 is 10.6 Å². The summed E-state index contributed by atoms with van der Waals surface area (Å²) in [7, 11) is 1.51. The van der Waals surface area contributed by atoms with Crippen LogP contribution in [0.4, 0.5) is 5.69 Å². The zero-order chi connectivity index (χ0) is 22.6. The van der Waals surface area contributed by atoms with Gasteiger partial charge in [0, 0.05) is 29.4 Å². The van der Waals surface area contributed by atoms with Gasteiger partial charge in [0.15, 0.2) is 0 Å². The summed E-state index contributed by atoms with van der Waals surface area (Å²) in [6, 6.07) is 11.3. The van der Waals surface area contributed by atoms with Crippen molar-refractivity contribution in [2.45, 2.75) is 18.0 Å². The first-order valence-electron chi connectivity index (χ1n) is 10.4. The number of nitrogens with one attached hydrogen (secondary N) is 2. The Balaban J connectivity index is 1.61. The highest BCUT2D eigenvalue weighted by molar-refractivity contribution is 6.31. The van der Waals surface area contributed by atoms with E-state index < -0.39 is 23.4 Å². The second kappa shape index (κ2) is 7.58. The van der Waals surface area contributed by atoms with E-state index in [1.165, 1.54) is 12.0 Å². The quantitative estimate of drug-likeness (QED) is 0.592. The molecule has 0 aliphatic carbocycles. The van der Waals surface area contributed by atoms with Crippen molar-refractivity contribution in [1.29, 1.82) is 0 Å². The maximum atomic E-state index is 13.5. The molecule has 4 atom stereocenters. The lowest BCUT2D eigenvalue weighted by molar-refractivity contribution is -0.143. The highest BCUT2D eigenvalue weighted by Crippen LogP contribution is 2.53. The third kappa shape index (κ3) is 2.94. The summed E-state index contributed by atoms with van der Waals surface area (Å²) in [6.07, 6.45) is 0.406. The van der Waals surface area contributed by atoms with Crippen molar-refractivity contribution >= 4 is 35.0 Å². The number of nitrogens with zero attached hydrogens (tertiary/aromatic N) is 1. The number of anilines is 1. The Bertz CT molecular complexity index is 1120. The van der Waals surface area contributed by atoms with Crippen LogP contribution in [0.1, 0.15) is 11.1 Å². The number of rotatable bonds is 5. The first-order valence-corrected chi connectivity index (χ1v) is 10.8. The van der Waals surface area contributed by atoms with Crippen LogP contribution >= 0.6 is 11.6 Å². The molecule has 3 amide bonds. The lowest BCUT2D eigenvalue weighted by Gasteiger charge is -2.29. The minimum Gasteiger partial charge on any atom is -0.508 e. The van der Waals surface area contributed by atoms with Gasteiger partial charge in [-0.1, -0.05) is 23.7 Å². The number of phenolic OH excluding ortho intramolecular Hbond substituents is 1. The predicted molar refractivity (Wildman–Crippen MR) is 116 cm³/mol. The van der Waals surface area contributed by atoms with Gasteiger partial charge in [0.05, 0.1) is 25.0 Å². The number of carbonyl (C=O) groups is 3. The van der Waals surface area contributed by atoms with Gasteiger partial charge in [-0.3, -0.25) is 24.6 Å². The molecule has 2 saturated heterocycles. The van der Waals surface area contributed by atoms with Gasteiger partial charge in [0.25, 0.3) is 0 Å². The lowest BCUT2D eigenvalue weighted by atomic mass is 9.76. The Labute approximate surface area is 189 Å². The van der Waals surface area contributed by atoms with E-state index in [0.29, 0.717) is 22.7 Å². The molecule has 2 fully saturated rings. The third-order valence-corrected chi connectivity index (χ3v) is 6.91. The van der Waals surface area contributed by atoms with E-state index in [4.69, 9.17) is 16.3 Å².